The third kappa shape index (κ3) is 10.8. The lowest BCUT2D eigenvalue weighted by molar-refractivity contribution is -0.147. The summed E-state index contributed by atoms with van der Waals surface area (Å²) in [4.78, 5) is 61.8. The summed E-state index contributed by atoms with van der Waals surface area (Å²) in [6, 6.07) is 7.61. The van der Waals surface area contributed by atoms with E-state index in [2.05, 4.69) is 4.74 Å². The molecule has 0 aliphatic carbocycles. The Bertz CT molecular complexity index is 1530. The number of rotatable bonds is 7. The molecular weight excluding hydrogens is 694 g/mol. The summed E-state index contributed by atoms with van der Waals surface area (Å²) in [5.41, 5.74) is -0.676. The first-order chi connectivity index (χ1) is 23.9. The largest absolute Gasteiger partial charge is 0.481 e. The average Bonchev–Trinajstić information content (AvgIpc) is 3.10. The third-order valence-electron chi connectivity index (χ3n) is 8.70. The second-order valence-electron chi connectivity index (χ2n) is 11.8. The lowest BCUT2D eigenvalue weighted by atomic mass is 9.83. The fraction of sp³-hybridized carbons (Fsp3) is 0.500. The molecule has 0 radical (unpaired) electrons. The Hall–Kier alpha value is -4.83. The minimum atomic E-state index is -4.47. The molecule has 2 fully saturated rings. The predicted molar refractivity (Wildman–Crippen MR) is 166 cm³/mol. The van der Waals surface area contributed by atoms with Gasteiger partial charge in [0.25, 0.3) is 0 Å². The second kappa shape index (κ2) is 17.4. The maximum Gasteiger partial charge on any atom is 0.416 e. The number of carboxylic acids is 1. The Kier molecular flexibility index (Phi) is 13.8. The summed E-state index contributed by atoms with van der Waals surface area (Å²) in [5, 5.41) is 9.15. The molecular formula is C34H38F6N2O9. The molecule has 4 rings (SSSR count). The molecule has 0 spiro atoms. The van der Waals surface area contributed by atoms with E-state index in [1.54, 1.807) is 6.92 Å². The molecule has 2 aliphatic heterocycles. The summed E-state index contributed by atoms with van der Waals surface area (Å²) in [6.07, 6.45) is -9.58. The summed E-state index contributed by atoms with van der Waals surface area (Å²) >= 11 is 0. The number of piperidine rings is 2. The van der Waals surface area contributed by atoms with E-state index in [9.17, 15) is 50.3 Å². The fourth-order valence-corrected chi connectivity index (χ4v) is 6.04. The number of carboxylic acid groups (broad SMARTS) is 1. The lowest BCUT2D eigenvalue weighted by Crippen LogP contribution is -2.43. The number of carbonyl (C=O) groups is 5. The summed E-state index contributed by atoms with van der Waals surface area (Å²) in [6.45, 7) is 2.17. The number of aliphatic carboxylic acids is 1. The summed E-state index contributed by atoms with van der Waals surface area (Å²) in [5.74, 6) is -3.05. The van der Waals surface area contributed by atoms with E-state index in [0.717, 1.165) is 24.3 Å². The number of esters is 1. The van der Waals surface area contributed by atoms with Crippen molar-refractivity contribution in [1.29, 1.82) is 0 Å². The van der Waals surface area contributed by atoms with Crippen molar-refractivity contribution in [2.24, 2.45) is 11.8 Å². The molecule has 2 unspecified atom stereocenters. The quantitative estimate of drug-likeness (QED) is 0.137. The maximum absolute atomic E-state index is 12.8. The Morgan fingerprint density at radius 2 is 1.10 bits per heavy atom. The van der Waals surface area contributed by atoms with Gasteiger partial charge in [-0.1, -0.05) is 24.3 Å². The molecule has 2 amide bonds. The van der Waals surface area contributed by atoms with Gasteiger partial charge in [-0.2, -0.15) is 26.3 Å². The van der Waals surface area contributed by atoms with E-state index in [0.29, 0.717) is 17.5 Å². The molecule has 0 saturated carbocycles. The van der Waals surface area contributed by atoms with Gasteiger partial charge in [0.2, 0.25) is 0 Å². The maximum atomic E-state index is 12.8. The number of carbonyl (C=O) groups excluding carboxylic acids is 4. The molecule has 4 atom stereocenters. The van der Waals surface area contributed by atoms with Crippen LogP contribution in [-0.2, 0) is 40.9 Å². The SMILES string of the molecule is CCOC(=O)CC(=O)[C@@H]1CCN(C(=O)OC)[C@H](c2ccc(C(F)(F)F)cc2)C1.COC(=O)N1CCC(C(=O)O)CC1c1ccc(C(F)(F)F)cc1. The van der Waals surface area contributed by atoms with Crippen LogP contribution in [0.3, 0.4) is 0 Å². The minimum absolute atomic E-state index is 0.135. The van der Waals surface area contributed by atoms with Gasteiger partial charge >= 0.3 is 36.5 Å². The summed E-state index contributed by atoms with van der Waals surface area (Å²) < 4.78 is 90.5. The first kappa shape index (κ1) is 40.6. The molecule has 0 bridgehead atoms. The number of ketones is 1. The van der Waals surface area contributed by atoms with Crippen LogP contribution in [0, 0.1) is 11.8 Å². The van der Waals surface area contributed by atoms with Gasteiger partial charge in [-0.15, -0.1) is 0 Å². The highest BCUT2D eigenvalue weighted by atomic mass is 19.4. The number of hydrogen-bond acceptors (Lipinski definition) is 8. The smallest absolute Gasteiger partial charge is 0.416 e. The minimum Gasteiger partial charge on any atom is -0.481 e. The van der Waals surface area contributed by atoms with Crippen molar-refractivity contribution in [3.63, 3.8) is 0 Å². The molecule has 2 heterocycles. The van der Waals surface area contributed by atoms with Gasteiger partial charge in [0.05, 0.1) is 50.0 Å². The van der Waals surface area contributed by atoms with Gasteiger partial charge < -0.3 is 29.1 Å². The number of halogens is 6. The van der Waals surface area contributed by atoms with Gasteiger partial charge in [-0.25, -0.2) is 9.59 Å². The highest BCUT2D eigenvalue weighted by molar-refractivity contribution is 5.97. The van der Waals surface area contributed by atoms with E-state index >= 15 is 0 Å². The van der Waals surface area contributed by atoms with Crippen LogP contribution in [0.5, 0.6) is 0 Å². The molecule has 2 aromatic rings. The first-order valence-corrected chi connectivity index (χ1v) is 15.9. The van der Waals surface area contributed by atoms with Crippen LogP contribution >= 0.6 is 0 Å². The average molecular weight is 733 g/mol. The number of methoxy groups -OCH3 is 2. The van der Waals surface area contributed by atoms with Crippen molar-refractivity contribution in [3.8, 4) is 0 Å². The van der Waals surface area contributed by atoms with Crippen LogP contribution in [0.15, 0.2) is 48.5 Å². The van der Waals surface area contributed by atoms with Crippen molar-refractivity contribution in [2.75, 3.05) is 33.9 Å². The molecule has 2 aromatic carbocycles. The number of benzene rings is 2. The number of nitrogens with zero attached hydrogens (tertiary/aromatic N) is 2. The normalized spacial score (nSPS) is 20.7. The van der Waals surface area contributed by atoms with E-state index < -0.39 is 71.5 Å². The Morgan fingerprint density at radius 1 is 0.706 bits per heavy atom. The van der Waals surface area contributed by atoms with Crippen LogP contribution in [-0.4, -0.2) is 78.7 Å². The van der Waals surface area contributed by atoms with Crippen LogP contribution < -0.4 is 0 Å². The highest BCUT2D eigenvalue weighted by Crippen LogP contribution is 2.38. The van der Waals surface area contributed by atoms with Gasteiger partial charge in [0.1, 0.15) is 12.2 Å². The number of hydrogen-bond donors (Lipinski definition) is 1. The van der Waals surface area contributed by atoms with Crippen molar-refractivity contribution in [1.82, 2.24) is 9.80 Å². The molecule has 51 heavy (non-hydrogen) atoms. The molecule has 11 nitrogen and oxygen atoms in total. The van der Waals surface area contributed by atoms with Crippen LogP contribution in [0.25, 0.3) is 0 Å². The number of likely N-dealkylation sites (tertiary alicyclic amines) is 2. The zero-order valence-corrected chi connectivity index (χ0v) is 28.0. The Labute approximate surface area is 289 Å². The van der Waals surface area contributed by atoms with Crippen LogP contribution in [0.1, 0.15) is 73.4 Å². The number of Topliss-reactive ketones (excluding diaryl/α,β-unsaturated/α-hetero) is 1. The van der Waals surface area contributed by atoms with E-state index in [1.807, 2.05) is 0 Å². The lowest BCUT2D eigenvalue weighted by Gasteiger charge is -2.38. The Morgan fingerprint density at radius 3 is 1.45 bits per heavy atom. The van der Waals surface area contributed by atoms with Gasteiger partial charge in [0, 0.05) is 19.0 Å². The molecule has 2 saturated heterocycles. The zero-order valence-electron chi connectivity index (χ0n) is 28.0. The van der Waals surface area contributed by atoms with Crippen molar-refractivity contribution in [3.05, 3.63) is 70.8 Å². The second-order valence-corrected chi connectivity index (χ2v) is 11.8. The van der Waals surface area contributed by atoms with E-state index in [-0.39, 0.29) is 51.2 Å². The number of ether oxygens (including phenoxy) is 3. The number of amides is 2. The molecule has 1 N–H and O–H groups in total. The predicted octanol–water partition coefficient (Wildman–Crippen LogP) is 7.06. The monoisotopic (exact) mass is 732 g/mol. The van der Waals surface area contributed by atoms with Crippen molar-refractivity contribution < 1.29 is 69.6 Å². The van der Waals surface area contributed by atoms with Crippen LogP contribution in [0.2, 0.25) is 0 Å². The van der Waals surface area contributed by atoms with Gasteiger partial charge in [0.15, 0.2) is 0 Å². The van der Waals surface area contributed by atoms with Gasteiger partial charge in [-0.3, -0.25) is 14.4 Å². The summed E-state index contributed by atoms with van der Waals surface area (Å²) in [7, 11) is 2.42. The molecule has 280 valence electrons. The molecule has 17 heteroatoms. The van der Waals surface area contributed by atoms with Crippen molar-refractivity contribution >= 4 is 29.9 Å². The topological polar surface area (TPSA) is 140 Å². The fourth-order valence-electron chi connectivity index (χ4n) is 6.04. The highest BCUT2D eigenvalue weighted by Gasteiger charge is 2.39. The standard InChI is InChI=1S/C19H22F3NO5.C15H16F3NO4/c1-3-28-17(25)11-16(24)13-8-9-23(18(26)27-2)15(10-13)12-4-6-14(7-5-12)19(20,21)22;1-23-14(22)19-7-6-10(13(20)21)8-12(19)9-2-4-11(5-3-9)15(16,17)18/h4-7,13,15H,3,8-11H2,1-2H3;2-5,10,12H,6-8H2,1H3,(H,20,21)/t13-,15+;/m1./s1. The van der Waals surface area contributed by atoms with Crippen molar-refractivity contribution in [2.45, 2.75) is 63.5 Å². The van der Waals surface area contributed by atoms with Gasteiger partial charge in [-0.05, 0) is 68.0 Å². The zero-order chi connectivity index (χ0) is 38.1. The number of alkyl halides is 6. The third-order valence-corrected chi connectivity index (χ3v) is 8.70. The van der Waals surface area contributed by atoms with E-state index in [1.165, 1.54) is 48.3 Å². The molecule has 2 aliphatic rings. The first-order valence-electron chi connectivity index (χ1n) is 15.9. The van der Waals surface area contributed by atoms with Crippen LogP contribution in [0.4, 0.5) is 35.9 Å². The van der Waals surface area contributed by atoms with E-state index in [4.69, 9.17) is 14.6 Å². The Balaban J connectivity index is 0.000000281. The molecule has 0 aromatic heterocycles.